The fourth-order valence-electron chi connectivity index (χ4n) is 15.5. The first-order valence-corrected chi connectivity index (χ1v) is 33.1. The van der Waals surface area contributed by atoms with Gasteiger partial charge in [-0.2, -0.15) is 0 Å². The molecule has 8 aliphatic rings. The van der Waals surface area contributed by atoms with Crippen LogP contribution >= 0.6 is 0 Å². The van der Waals surface area contributed by atoms with Crippen LogP contribution in [0.1, 0.15) is 130 Å². The molecule has 4 heterocycles. The van der Waals surface area contributed by atoms with Gasteiger partial charge in [0, 0.05) is 108 Å². The number of methoxy groups -OCH3 is 2. The monoisotopic (exact) mass is 1300 g/mol. The highest BCUT2D eigenvalue weighted by Crippen LogP contribution is 2.66. The zero-order valence-corrected chi connectivity index (χ0v) is 54.6. The normalized spacial score (nSPS) is 25.7. The smallest absolute Gasteiger partial charge is 0.409 e. The maximum atomic E-state index is 14.9. The van der Waals surface area contributed by atoms with Crippen molar-refractivity contribution in [3.05, 3.63) is 82.0 Å². The lowest BCUT2D eigenvalue weighted by molar-refractivity contribution is -0.154. The number of carbonyl (C=O) groups excluding carboxylic acids is 10. The number of piperidine rings is 1. The third-order valence-corrected chi connectivity index (χ3v) is 20.4. The summed E-state index contributed by atoms with van der Waals surface area (Å²) in [6.07, 6.45) is 7.61. The van der Waals surface area contributed by atoms with E-state index in [2.05, 4.69) is 63.9 Å². The van der Waals surface area contributed by atoms with Crippen LogP contribution < -0.4 is 20.9 Å². The second kappa shape index (κ2) is 30.5. The standard InChI is InChI=1S/C69H89N9O16/c1-6-25-69(89)26-24-52-49-20-16-45-40-47(79)19-21-48(45)59(49)51(41-68(52,69)2)44-14-17-46(18-15-44)73(3)29-8-13-58(81)76-32-30-75(67(88)91-5)43-56(76)64(85)77-33-31-74(66(87)90-4)42-55(77)61(82)71-28-10-35-93-37-39-94-38-36-92-34-9-27-70-53-12-7-11-50-60(53)65(86)78(63(50)84)54-22-23-57(80)72-62(54)83/h7,11-12,14-15,17-18,40,49,51-52,54-56,70,89H,8-10,13,16,19-24,26-39,41-43H2,1-5H3,(H,71,82)(H,72,80,83)/t49-,51+,52-,54?,55?,56?,68-,69-/m0/s1. The Labute approximate surface area is 548 Å². The Morgan fingerprint density at radius 2 is 1.43 bits per heavy atom. The molecule has 9 amide bonds. The number of nitrogens with zero attached hydrogens (tertiary/aromatic N) is 6. The predicted molar refractivity (Wildman–Crippen MR) is 343 cm³/mol. The number of ether oxygens (including phenoxy) is 5. The van der Waals surface area contributed by atoms with E-state index in [-0.39, 0.29) is 114 Å². The summed E-state index contributed by atoms with van der Waals surface area (Å²) in [6.45, 7) is 6.93. The third-order valence-electron chi connectivity index (χ3n) is 20.4. The van der Waals surface area contributed by atoms with Crippen LogP contribution in [0.3, 0.4) is 0 Å². The third kappa shape index (κ3) is 14.5. The molecule has 0 radical (unpaired) electrons. The van der Waals surface area contributed by atoms with E-state index in [1.165, 1.54) is 56.6 Å². The molecule has 4 N–H and O–H groups in total. The van der Waals surface area contributed by atoms with Crippen LogP contribution in [0.4, 0.5) is 21.0 Å². The Bertz CT molecular complexity index is 3380. The van der Waals surface area contributed by atoms with E-state index in [0.717, 1.165) is 48.3 Å². The van der Waals surface area contributed by atoms with Crippen molar-refractivity contribution in [1.82, 2.24) is 35.1 Å². The molecule has 3 unspecified atom stereocenters. The van der Waals surface area contributed by atoms with Crippen LogP contribution in [-0.4, -0.2) is 232 Å². The zero-order valence-electron chi connectivity index (χ0n) is 54.6. The average Bonchev–Trinajstić information content (AvgIpc) is 1.44. The molecule has 506 valence electrons. The number of aliphatic hydroxyl groups is 1. The Morgan fingerprint density at radius 1 is 0.755 bits per heavy atom. The van der Waals surface area contributed by atoms with Crippen molar-refractivity contribution in [3.63, 3.8) is 0 Å². The molecule has 25 heteroatoms. The summed E-state index contributed by atoms with van der Waals surface area (Å²) in [6, 6.07) is 10.1. The fraction of sp³-hybridized carbons (Fsp3) is 0.594. The molecule has 2 aromatic rings. The quantitative estimate of drug-likeness (QED) is 0.0636. The summed E-state index contributed by atoms with van der Waals surface area (Å²) in [5.41, 5.74) is 5.44. The Morgan fingerprint density at radius 3 is 2.11 bits per heavy atom. The van der Waals surface area contributed by atoms with Gasteiger partial charge < -0.3 is 63.9 Å². The predicted octanol–water partition coefficient (Wildman–Crippen LogP) is 4.57. The molecule has 2 aromatic carbocycles. The van der Waals surface area contributed by atoms with Crippen molar-refractivity contribution in [2.24, 2.45) is 17.3 Å². The van der Waals surface area contributed by atoms with Crippen molar-refractivity contribution in [1.29, 1.82) is 0 Å². The van der Waals surface area contributed by atoms with E-state index in [9.17, 15) is 53.1 Å². The van der Waals surface area contributed by atoms with E-state index < -0.39 is 76.8 Å². The van der Waals surface area contributed by atoms with Crippen LogP contribution in [0, 0.1) is 29.1 Å². The second-order valence-corrected chi connectivity index (χ2v) is 25.8. The van der Waals surface area contributed by atoms with Gasteiger partial charge in [0.25, 0.3) is 11.8 Å². The molecular formula is C69H89N9O16. The van der Waals surface area contributed by atoms with Crippen molar-refractivity contribution in [2.45, 2.75) is 127 Å². The topological polar surface area (TPSA) is 293 Å². The number of anilines is 2. The van der Waals surface area contributed by atoms with E-state index in [4.69, 9.17) is 23.7 Å². The SMILES string of the molecule is CC#C[C@]1(O)CC[C@H]2[C@@H]3CCC4=CC(=O)CCC4=C3[C@@H](c3ccc(N(C)CCCC(=O)N4CCN(C(=O)OC)CC4C(=O)N4CCN(C(=O)OC)CC4C(=O)NCCCOCCOCCOCCCNc4cccc5c4C(=O)N(C4CCC(=O)NC4=O)C5=O)cc3)C[C@@]21C. The fourth-order valence-corrected chi connectivity index (χ4v) is 15.5. The van der Waals surface area contributed by atoms with E-state index >= 15 is 0 Å². The highest BCUT2D eigenvalue weighted by Gasteiger charge is 2.63. The molecular weight excluding hydrogens is 1210 g/mol. The average molecular weight is 1300 g/mol. The van der Waals surface area contributed by atoms with Gasteiger partial charge in [0.2, 0.25) is 29.5 Å². The van der Waals surface area contributed by atoms with Crippen LogP contribution in [0.2, 0.25) is 0 Å². The summed E-state index contributed by atoms with van der Waals surface area (Å²) in [7, 11) is 4.46. The molecule has 0 spiro atoms. The van der Waals surface area contributed by atoms with Crippen LogP contribution in [0.25, 0.3) is 0 Å². The minimum Gasteiger partial charge on any atom is -0.453 e. The minimum atomic E-state index is -1.14. The molecule has 2 saturated carbocycles. The molecule has 3 saturated heterocycles. The maximum Gasteiger partial charge on any atom is 0.409 e. The number of nitrogens with one attached hydrogen (secondary N) is 3. The summed E-state index contributed by atoms with van der Waals surface area (Å²) < 4.78 is 27.1. The van der Waals surface area contributed by atoms with Gasteiger partial charge in [-0.05, 0) is 130 Å². The number of carbonyl (C=O) groups is 10. The number of imide groups is 2. The van der Waals surface area contributed by atoms with Gasteiger partial charge in [0.15, 0.2) is 5.78 Å². The lowest BCUT2D eigenvalue weighted by atomic mass is 9.51. The number of rotatable bonds is 24. The van der Waals surface area contributed by atoms with Crippen molar-refractivity contribution in [3.8, 4) is 11.8 Å². The van der Waals surface area contributed by atoms with Crippen LogP contribution in [-0.2, 0) is 52.5 Å². The summed E-state index contributed by atoms with van der Waals surface area (Å²) >= 11 is 0. The van der Waals surface area contributed by atoms with E-state index in [1.54, 1.807) is 19.1 Å². The molecule has 8 atom stereocenters. The molecule has 4 aliphatic heterocycles. The highest BCUT2D eigenvalue weighted by atomic mass is 16.6. The second-order valence-electron chi connectivity index (χ2n) is 25.8. The first kappa shape index (κ1) is 68.7. The van der Waals surface area contributed by atoms with Crippen LogP contribution in [0.5, 0.6) is 0 Å². The molecule has 0 bridgehead atoms. The van der Waals surface area contributed by atoms with Crippen molar-refractivity contribution < 1.29 is 76.7 Å². The number of hydrogen-bond donors (Lipinski definition) is 4. The maximum absolute atomic E-state index is 14.9. The van der Waals surface area contributed by atoms with E-state index in [0.29, 0.717) is 82.5 Å². The van der Waals surface area contributed by atoms with Crippen LogP contribution in [0.15, 0.2) is 65.3 Å². The van der Waals surface area contributed by atoms with Gasteiger partial charge in [0.05, 0.1) is 64.9 Å². The highest BCUT2D eigenvalue weighted by molar-refractivity contribution is 6.25. The molecule has 10 rings (SSSR count). The number of amides is 9. The first-order valence-electron chi connectivity index (χ1n) is 33.1. The van der Waals surface area contributed by atoms with Crippen molar-refractivity contribution in [2.75, 3.05) is 130 Å². The van der Waals surface area contributed by atoms with Gasteiger partial charge in [-0.25, -0.2) is 9.59 Å². The molecule has 25 nitrogen and oxygen atoms in total. The number of hydrogen-bond acceptors (Lipinski definition) is 18. The number of benzene rings is 2. The number of piperazine rings is 2. The number of allylic oxidation sites excluding steroid dienone is 4. The summed E-state index contributed by atoms with van der Waals surface area (Å²) in [4.78, 5) is 141. The zero-order chi connectivity index (χ0) is 66.8. The molecule has 5 fully saturated rings. The lowest BCUT2D eigenvalue weighted by Gasteiger charge is -2.53. The first-order chi connectivity index (χ1) is 45.3. The van der Waals surface area contributed by atoms with Gasteiger partial charge in [-0.3, -0.25) is 48.6 Å². The number of ketones is 1. The summed E-state index contributed by atoms with van der Waals surface area (Å²) in [5, 5.41) is 20.4. The van der Waals surface area contributed by atoms with E-state index in [1.807, 2.05) is 13.1 Å². The summed E-state index contributed by atoms with van der Waals surface area (Å²) in [5.74, 6) is 3.52. The van der Waals surface area contributed by atoms with Gasteiger partial charge in [-0.15, -0.1) is 5.92 Å². The largest absolute Gasteiger partial charge is 0.453 e. The Kier molecular flexibility index (Phi) is 22.3. The molecule has 4 aliphatic carbocycles. The molecule has 94 heavy (non-hydrogen) atoms. The number of fused-ring (bicyclic) bond motifs is 5. The van der Waals surface area contributed by atoms with Gasteiger partial charge in [0.1, 0.15) is 23.7 Å². The van der Waals surface area contributed by atoms with Gasteiger partial charge >= 0.3 is 12.2 Å². The van der Waals surface area contributed by atoms with Gasteiger partial charge in [-0.1, -0.05) is 36.6 Å². The molecule has 0 aromatic heterocycles. The van der Waals surface area contributed by atoms with Crippen molar-refractivity contribution >= 4 is 70.7 Å². The lowest BCUT2D eigenvalue weighted by Crippen LogP contribution is -2.67. The minimum absolute atomic E-state index is 0.0340. The Balaban J connectivity index is 0.667. The Hall–Kier alpha value is -8.18.